The SMILES string of the molecule is Cc1ccnc(C(N)Cc2ccnc(N)c2)c1. The monoisotopic (exact) mass is 228 g/mol. The van der Waals surface area contributed by atoms with Gasteiger partial charge >= 0.3 is 0 Å². The summed E-state index contributed by atoms with van der Waals surface area (Å²) in [5.41, 5.74) is 14.9. The summed E-state index contributed by atoms with van der Waals surface area (Å²) in [6, 6.07) is 7.62. The van der Waals surface area contributed by atoms with Crippen molar-refractivity contribution in [1.82, 2.24) is 9.97 Å². The van der Waals surface area contributed by atoms with Crippen LogP contribution in [0.4, 0.5) is 5.82 Å². The van der Waals surface area contributed by atoms with Crippen molar-refractivity contribution in [2.75, 3.05) is 5.73 Å². The third kappa shape index (κ3) is 3.01. The summed E-state index contributed by atoms with van der Waals surface area (Å²) in [6.07, 6.45) is 4.19. The standard InChI is InChI=1S/C13H16N4/c1-9-2-4-16-12(6-9)11(14)7-10-3-5-17-13(15)8-10/h2-6,8,11H,7,14H2,1H3,(H2,15,17). The molecule has 0 fully saturated rings. The lowest BCUT2D eigenvalue weighted by molar-refractivity contribution is 0.695. The van der Waals surface area contributed by atoms with Crippen LogP contribution in [0.1, 0.15) is 22.9 Å². The Morgan fingerprint density at radius 1 is 1.18 bits per heavy atom. The molecule has 1 atom stereocenters. The van der Waals surface area contributed by atoms with Crippen LogP contribution in [0.2, 0.25) is 0 Å². The van der Waals surface area contributed by atoms with Crippen molar-refractivity contribution in [3.8, 4) is 0 Å². The topological polar surface area (TPSA) is 77.8 Å². The van der Waals surface area contributed by atoms with E-state index in [4.69, 9.17) is 11.5 Å². The molecule has 2 aromatic heterocycles. The zero-order valence-corrected chi connectivity index (χ0v) is 9.80. The average Bonchev–Trinajstić information content (AvgIpc) is 2.29. The average molecular weight is 228 g/mol. The summed E-state index contributed by atoms with van der Waals surface area (Å²) >= 11 is 0. The number of hydrogen-bond acceptors (Lipinski definition) is 4. The van der Waals surface area contributed by atoms with E-state index in [9.17, 15) is 0 Å². The van der Waals surface area contributed by atoms with Crippen LogP contribution in [0.15, 0.2) is 36.7 Å². The summed E-state index contributed by atoms with van der Waals surface area (Å²) in [4.78, 5) is 8.24. The molecule has 2 rings (SSSR count). The molecule has 1 unspecified atom stereocenters. The van der Waals surface area contributed by atoms with Gasteiger partial charge in [-0.3, -0.25) is 4.98 Å². The summed E-state index contributed by atoms with van der Waals surface area (Å²) in [5, 5.41) is 0. The lowest BCUT2D eigenvalue weighted by Crippen LogP contribution is -2.15. The minimum absolute atomic E-state index is 0.114. The fraction of sp³-hybridized carbons (Fsp3) is 0.231. The van der Waals surface area contributed by atoms with Gasteiger partial charge in [-0.2, -0.15) is 0 Å². The molecule has 0 aliphatic carbocycles. The molecule has 17 heavy (non-hydrogen) atoms. The second-order valence-electron chi connectivity index (χ2n) is 4.16. The van der Waals surface area contributed by atoms with Crippen LogP contribution in [-0.4, -0.2) is 9.97 Å². The smallest absolute Gasteiger partial charge is 0.123 e. The van der Waals surface area contributed by atoms with E-state index in [2.05, 4.69) is 9.97 Å². The van der Waals surface area contributed by atoms with Crippen LogP contribution in [0.5, 0.6) is 0 Å². The number of rotatable bonds is 3. The first-order valence-corrected chi connectivity index (χ1v) is 5.53. The van der Waals surface area contributed by atoms with Gasteiger partial charge in [-0.1, -0.05) is 0 Å². The van der Waals surface area contributed by atoms with Gasteiger partial charge in [0, 0.05) is 12.4 Å². The molecule has 0 saturated carbocycles. The highest BCUT2D eigenvalue weighted by Gasteiger charge is 2.08. The molecule has 88 valence electrons. The third-order valence-electron chi connectivity index (χ3n) is 2.62. The zero-order chi connectivity index (χ0) is 12.3. The number of nitrogen functional groups attached to an aromatic ring is 1. The maximum absolute atomic E-state index is 6.12. The van der Waals surface area contributed by atoms with E-state index in [-0.39, 0.29) is 6.04 Å². The molecule has 4 N–H and O–H groups in total. The van der Waals surface area contributed by atoms with Gasteiger partial charge in [0.15, 0.2) is 0 Å². The fourth-order valence-corrected chi connectivity index (χ4v) is 1.74. The summed E-state index contributed by atoms with van der Waals surface area (Å²) in [6.45, 7) is 2.03. The molecule has 0 bridgehead atoms. The molecular weight excluding hydrogens is 212 g/mol. The van der Waals surface area contributed by atoms with Gasteiger partial charge in [-0.25, -0.2) is 4.98 Å². The molecule has 0 spiro atoms. The molecule has 0 aliphatic rings. The Balaban J connectivity index is 2.14. The van der Waals surface area contributed by atoms with Gasteiger partial charge in [-0.05, 0) is 48.7 Å². The Labute approximate surface area is 101 Å². The first-order valence-electron chi connectivity index (χ1n) is 5.53. The van der Waals surface area contributed by atoms with Crippen molar-refractivity contribution < 1.29 is 0 Å². The van der Waals surface area contributed by atoms with E-state index < -0.39 is 0 Å². The van der Waals surface area contributed by atoms with E-state index in [1.54, 1.807) is 12.4 Å². The number of pyridine rings is 2. The number of aryl methyl sites for hydroxylation is 1. The van der Waals surface area contributed by atoms with Crippen LogP contribution in [-0.2, 0) is 6.42 Å². The van der Waals surface area contributed by atoms with Crippen LogP contribution < -0.4 is 11.5 Å². The maximum Gasteiger partial charge on any atom is 0.123 e. The first-order chi connectivity index (χ1) is 8.15. The van der Waals surface area contributed by atoms with Crippen molar-refractivity contribution in [3.05, 3.63) is 53.5 Å². The fourth-order valence-electron chi connectivity index (χ4n) is 1.74. The predicted octanol–water partition coefficient (Wildman–Crippen LogP) is 1.61. The largest absolute Gasteiger partial charge is 0.384 e. The van der Waals surface area contributed by atoms with Crippen LogP contribution >= 0.6 is 0 Å². The van der Waals surface area contributed by atoms with Gasteiger partial charge in [0.25, 0.3) is 0 Å². The molecule has 0 saturated heterocycles. The first kappa shape index (κ1) is 11.5. The normalized spacial score (nSPS) is 12.4. The van der Waals surface area contributed by atoms with E-state index in [1.807, 2.05) is 31.2 Å². The molecule has 0 aliphatic heterocycles. The Bertz CT molecular complexity index is 510. The lowest BCUT2D eigenvalue weighted by atomic mass is 10.0. The summed E-state index contributed by atoms with van der Waals surface area (Å²) in [7, 11) is 0. The molecule has 4 nitrogen and oxygen atoms in total. The van der Waals surface area contributed by atoms with E-state index in [0.717, 1.165) is 11.3 Å². The highest BCUT2D eigenvalue weighted by atomic mass is 14.8. The summed E-state index contributed by atoms with van der Waals surface area (Å²) in [5.74, 6) is 0.520. The second kappa shape index (κ2) is 4.93. The number of aromatic nitrogens is 2. The minimum Gasteiger partial charge on any atom is -0.384 e. The van der Waals surface area contributed by atoms with E-state index >= 15 is 0 Å². The van der Waals surface area contributed by atoms with E-state index in [1.165, 1.54) is 5.56 Å². The molecule has 0 amide bonds. The van der Waals surface area contributed by atoms with Crippen LogP contribution in [0, 0.1) is 6.92 Å². The van der Waals surface area contributed by atoms with Gasteiger partial charge in [0.2, 0.25) is 0 Å². The third-order valence-corrected chi connectivity index (χ3v) is 2.62. The highest BCUT2D eigenvalue weighted by Crippen LogP contribution is 2.15. The zero-order valence-electron chi connectivity index (χ0n) is 9.80. The van der Waals surface area contributed by atoms with Crippen LogP contribution in [0.25, 0.3) is 0 Å². The van der Waals surface area contributed by atoms with E-state index in [0.29, 0.717) is 12.2 Å². The van der Waals surface area contributed by atoms with Gasteiger partial charge < -0.3 is 11.5 Å². The molecule has 4 heteroatoms. The van der Waals surface area contributed by atoms with Crippen molar-refractivity contribution >= 4 is 5.82 Å². The molecular formula is C13H16N4. The van der Waals surface area contributed by atoms with Crippen molar-refractivity contribution in [2.45, 2.75) is 19.4 Å². The predicted molar refractivity (Wildman–Crippen MR) is 68.3 cm³/mol. The highest BCUT2D eigenvalue weighted by molar-refractivity contribution is 5.32. The molecule has 0 radical (unpaired) electrons. The number of hydrogen-bond donors (Lipinski definition) is 2. The Morgan fingerprint density at radius 3 is 2.65 bits per heavy atom. The number of anilines is 1. The van der Waals surface area contributed by atoms with Gasteiger partial charge in [0.05, 0.1) is 11.7 Å². The maximum atomic E-state index is 6.12. The molecule has 0 aromatic carbocycles. The molecule has 2 aromatic rings. The van der Waals surface area contributed by atoms with Crippen molar-refractivity contribution in [2.24, 2.45) is 5.73 Å². The number of nitrogens with two attached hydrogens (primary N) is 2. The Hall–Kier alpha value is -1.94. The quantitative estimate of drug-likeness (QED) is 0.836. The van der Waals surface area contributed by atoms with Crippen molar-refractivity contribution in [1.29, 1.82) is 0 Å². The molecule has 2 heterocycles. The minimum atomic E-state index is -0.114. The lowest BCUT2D eigenvalue weighted by Gasteiger charge is -2.11. The Kier molecular flexibility index (Phi) is 3.35. The number of nitrogens with zero attached hydrogens (tertiary/aromatic N) is 2. The van der Waals surface area contributed by atoms with Crippen molar-refractivity contribution in [3.63, 3.8) is 0 Å². The van der Waals surface area contributed by atoms with Crippen LogP contribution in [0.3, 0.4) is 0 Å². The van der Waals surface area contributed by atoms with Gasteiger partial charge in [-0.15, -0.1) is 0 Å². The van der Waals surface area contributed by atoms with Gasteiger partial charge in [0.1, 0.15) is 5.82 Å². The summed E-state index contributed by atoms with van der Waals surface area (Å²) < 4.78 is 0. The Morgan fingerprint density at radius 2 is 1.94 bits per heavy atom. The second-order valence-corrected chi connectivity index (χ2v) is 4.16.